The molecule has 1 nitrogen and oxygen atoms in total. The molecule has 0 spiro atoms. The Morgan fingerprint density at radius 2 is 1.75 bits per heavy atom. The van der Waals surface area contributed by atoms with Gasteiger partial charge in [-0.05, 0) is 18.4 Å². The SMILES string of the molecule is CCCCCCS(C)(O)C(C)C. The fourth-order valence-corrected chi connectivity index (χ4v) is 2.32. The van der Waals surface area contributed by atoms with Crippen LogP contribution in [0.2, 0.25) is 0 Å². The molecule has 0 aliphatic heterocycles. The van der Waals surface area contributed by atoms with Crippen LogP contribution in [0, 0.1) is 0 Å². The van der Waals surface area contributed by atoms with Gasteiger partial charge in [-0.3, -0.25) is 0 Å². The third kappa shape index (κ3) is 5.04. The summed E-state index contributed by atoms with van der Waals surface area (Å²) in [6, 6.07) is 0. The quantitative estimate of drug-likeness (QED) is 0.633. The van der Waals surface area contributed by atoms with E-state index in [9.17, 15) is 4.55 Å². The maximum atomic E-state index is 9.97. The zero-order valence-corrected chi connectivity index (χ0v) is 9.78. The lowest BCUT2D eigenvalue weighted by Crippen LogP contribution is -2.13. The molecule has 0 amide bonds. The molecule has 76 valence electrons. The summed E-state index contributed by atoms with van der Waals surface area (Å²) in [4.78, 5) is 0. The van der Waals surface area contributed by atoms with Gasteiger partial charge in [0, 0.05) is 5.25 Å². The van der Waals surface area contributed by atoms with Crippen LogP contribution in [0.25, 0.3) is 0 Å². The van der Waals surface area contributed by atoms with E-state index in [-0.39, 0.29) is 0 Å². The number of rotatable bonds is 6. The second-order valence-electron chi connectivity index (χ2n) is 3.92. The minimum atomic E-state index is -1.28. The van der Waals surface area contributed by atoms with Crippen molar-refractivity contribution < 1.29 is 4.55 Å². The highest BCUT2D eigenvalue weighted by Gasteiger charge is 2.17. The van der Waals surface area contributed by atoms with Gasteiger partial charge in [-0.15, -0.1) is 10.3 Å². The molecule has 0 radical (unpaired) electrons. The van der Waals surface area contributed by atoms with Crippen molar-refractivity contribution in [3.05, 3.63) is 0 Å². The van der Waals surface area contributed by atoms with E-state index in [1.54, 1.807) is 0 Å². The smallest absolute Gasteiger partial charge is 0.00425 e. The molecule has 0 aromatic heterocycles. The molecule has 0 rings (SSSR count). The van der Waals surface area contributed by atoms with Crippen molar-refractivity contribution in [2.24, 2.45) is 0 Å². The lowest BCUT2D eigenvalue weighted by molar-refractivity contribution is 0.609. The third-order valence-electron chi connectivity index (χ3n) is 2.43. The maximum absolute atomic E-state index is 9.97. The van der Waals surface area contributed by atoms with Gasteiger partial charge < -0.3 is 4.55 Å². The Morgan fingerprint density at radius 3 is 2.17 bits per heavy atom. The lowest BCUT2D eigenvalue weighted by Gasteiger charge is -2.33. The second kappa shape index (κ2) is 5.87. The molecule has 1 unspecified atom stereocenters. The van der Waals surface area contributed by atoms with Crippen LogP contribution < -0.4 is 0 Å². The van der Waals surface area contributed by atoms with Gasteiger partial charge in [0.1, 0.15) is 0 Å². The van der Waals surface area contributed by atoms with Crippen LogP contribution in [0.5, 0.6) is 0 Å². The summed E-state index contributed by atoms with van der Waals surface area (Å²) < 4.78 is 9.97. The molecule has 0 heterocycles. The average molecular weight is 192 g/mol. The van der Waals surface area contributed by atoms with Gasteiger partial charge in [-0.2, -0.15) is 0 Å². The molecule has 1 N–H and O–H groups in total. The normalized spacial score (nSPS) is 19.2. The molecule has 1 atom stereocenters. The lowest BCUT2D eigenvalue weighted by atomic mass is 10.2. The Labute approximate surface area is 79.1 Å². The van der Waals surface area contributed by atoms with Crippen LogP contribution in [0.1, 0.15) is 46.5 Å². The Morgan fingerprint density at radius 1 is 1.17 bits per heavy atom. The van der Waals surface area contributed by atoms with Crippen molar-refractivity contribution in [1.82, 2.24) is 0 Å². The Hall–Kier alpha value is 0.310. The zero-order valence-electron chi connectivity index (χ0n) is 8.97. The first-order chi connectivity index (χ1) is 5.50. The fraction of sp³-hybridized carbons (Fsp3) is 1.00. The summed E-state index contributed by atoms with van der Waals surface area (Å²) in [7, 11) is -1.28. The van der Waals surface area contributed by atoms with E-state index in [4.69, 9.17) is 0 Å². The molecular formula is C10H24OS. The molecule has 0 saturated carbocycles. The Balaban J connectivity index is 3.47. The van der Waals surface area contributed by atoms with E-state index in [1.807, 2.05) is 6.26 Å². The van der Waals surface area contributed by atoms with E-state index < -0.39 is 10.3 Å². The predicted octanol–water partition coefficient (Wildman–Crippen LogP) is 3.88. The van der Waals surface area contributed by atoms with E-state index in [2.05, 4.69) is 20.8 Å². The summed E-state index contributed by atoms with van der Waals surface area (Å²) in [5, 5.41) is 0.458. The van der Waals surface area contributed by atoms with Crippen molar-refractivity contribution in [2.75, 3.05) is 12.0 Å². The molecular weight excluding hydrogens is 168 g/mol. The van der Waals surface area contributed by atoms with Crippen molar-refractivity contribution >= 4 is 10.3 Å². The van der Waals surface area contributed by atoms with Crippen molar-refractivity contribution in [3.8, 4) is 0 Å². The van der Waals surface area contributed by atoms with Crippen LogP contribution in [0.15, 0.2) is 0 Å². The first-order valence-electron chi connectivity index (χ1n) is 4.98. The summed E-state index contributed by atoms with van der Waals surface area (Å²) in [6.45, 7) is 6.46. The van der Waals surface area contributed by atoms with Gasteiger partial charge in [-0.1, -0.05) is 40.0 Å². The van der Waals surface area contributed by atoms with Gasteiger partial charge in [0.2, 0.25) is 0 Å². The number of hydrogen-bond donors (Lipinski definition) is 1. The minimum Gasteiger partial charge on any atom is -0.351 e. The fourth-order valence-electron chi connectivity index (χ4n) is 1.06. The van der Waals surface area contributed by atoms with E-state index in [1.165, 1.54) is 25.7 Å². The monoisotopic (exact) mass is 192 g/mol. The maximum Gasteiger partial charge on any atom is 0.00425 e. The van der Waals surface area contributed by atoms with Gasteiger partial charge in [0.25, 0.3) is 0 Å². The first-order valence-corrected chi connectivity index (χ1v) is 7.21. The molecule has 0 saturated heterocycles. The summed E-state index contributed by atoms with van der Waals surface area (Å²) in [5.41, 5.74) is 0. The molecule has 0 fully saturated rings. The number of unbranched alkanes of at least 4 members (excludes halogenated alkanes) is 3. The predicted molar refractivity (Wildman–Crippen MR) is 60.3 cm³/mol. The van der Waals surface area contributed by atoms with Crippen molar-refractivity contribution in [1.29, 1.82) is 0 Å². The Kier molecular flexibility index (Phi) is 6.02. The summed E-state index contributed by atoms with van der Waals surface area (Å²) >= 11 is 0. The number of hydrogen-bond acceptors (Lipinski definition) is 1. The standard InChI is InChI=1S/C10H24OS/c1-5-6-7-8-9-12(4,11)10(2)3/h10-11H,5-9H2,1-4H3. The van der Waals surface area contributed by atoms with E-state index in [0.717, 1.165) is 5.75 Å². The molecule has 2 heteroatoms. The topological polar surface area (TPSA) is 20.2 Å². The van der Waals surface area contributed by atoms with Crippen molar-refractivity contribution in [2.45, 2.75) is 51.7 Å². The van der Waals surface area contributed by atoms with Gasteiger partial charge in [0.15, 0.2) is 0 Å². The summed E-state index contributed by atoms with van der Waals surface area (Å²) in [6.07, 6.45) is 7.11. The molecule has 0 bridgehead atoms. The van der Waals surface area contributed by atoms with Gasteiger partial charge in [0.05, 0.1) is 0 Å². The van der Waals surface area contributed by atoms with Crippen molar-refractivity contribution in [3.63, 3.8) is 0 Å². The average Bonchev–Trinajstić information content (AvgIpc) is 1.98. The van der Waals surface area contributed by atoms with E-state index in [0.29, 0.717) is 5.25 Å². The third-order valence-corrected chi connectivity index (χ3v) is 5.57. The van der Waals surface area contributed by atoms with Crippen LogP contribution in [0.4, 0.5) is 0 Å². The summed E-state index contributed by atoms with van der Waals surface area (Å²) in [5.74, 6) is 1.03. The highest BCUT2D eigenvalue weighted by molar-refractivity contribution is 8.29. The highest BCUT2D eigenvalue weighted by Crippen LogP contribution is 2.45. The largest absolute Gasteiger partial charge is 0.351 e. The molecule has 0 aliphatic rings. The molecule has 0 aromatic carbocycles. The van der Waals surface area contributed by atoms with Crippen LogP contribution in [0.3, 0.4) is 0 Å². The van der Waals surface area contributed by atoms with Gasteiger partial charge >= 0.3 is 0 Å². The molecule has 12 heavy (non-hydrogen) atoms. The molecule has 0 aliphatic carbocycles. The zero-order chi connectivity index (χ0) is 9.61. The highest BCUT2D eigenvalue weighted by atomic mass is 32.3. The van der Waals surface area contributed by atoms with Crippen LogP contribution >= 0.6 is 10.3 Å². The van der Waals surface area contributed by atoms with Gasteiger partial charge in [-0.25, -0.2) is 0 Å². The minimum absolute atomic E-state index is 0.458. The second-order valence-corrected chi connectivity index (χ2v) is 7.49. The molecule has 0 aromatic rings. The van der Waals surface area contributed by atoms with Crippen LogP contribution in [-0.2, 0) is 0 Å². The Bertz CT molecular complexity index is 110. The van der Waals surface area contributed by atoms with E-state index >= 15 is 0 Å². The first kappa shape index (κ1) is 12.3. The van der Waals surface area contributed by atoms with Crippen LogP contribution in [-0.4, -0.2) is 21.8 Å².